The number of hydrogen-bond acceptors (Lipinski definition) is 5. The number of nitrogens with one attached hydrogen (secondary N) is 1. The van der Waals surface area contributed by atoms with Gasteiger partial charge in [0.15, 0.2) is 0 Å². The van der Waals surface area contributed by atoms with E-state index in [0.717, 1.165) is 24.3 Å². The second kappa shape index (κ2) is 8.59. The van der Waals surface area contributed by atoms with Crippen molar-refractivity contribution in [2.75, 3.05) is 39.3 Å². The van der Waals surface area contributed by atoms with Crippen LogP contribution in [0.2, 0.25) is 0 Å². The quantitative estimate of drug-likeness (QED) is 0.723. The fourth-order valence-electron chi connectivity index (χ4n) is 2.53. The van der Waals surface area contributed by atoms with Gasteiger partial charge in [-0.15, -0.1) is 0 Å². The van der Waals surface area contributed by atoms with E-state index >= 15 is 0 Å². The maximum Gasteiger partial charge on any atom is 0.446 e. The lowest BCUT2D eigenvalue weighted by molar-refractivity contribution is -0.130. The molecule has 6 nitrogen and oxygen atoms in total. The number of hydrogen-bond donors (Lipinski definition) is 1. The van der Waals surface area contributed by atoms with Crippen LogP contribution < -0.4 is 4.72 Å². The van der Waals surface area contributed by atoms with Crippen LogP contribution in [0.25, 0.3) is 0 Å². The van der Waals surface area contributed by atoms with Crippen LogP contribution in [-0.2, 0) is 14.8 Å². The van der Waals surface area contributed by atoms with Crippen LogP contribution in [0.5, 0.6) is 0 Å². The Balaban J connectivity index is 1.82. The number of nitrogens with zero attached hydrogens (tertiary/aromatic N) is 2. The Bertz CT molecular complexity index is 716. The first kappa shape index (κ1) is 21.0. The van der Waals surface area contributed by atoms with Crippen LogP contribution in [-0.4, -0.2) is 68.9 Å². The maximum atomic E-state index is 12.3. The van der Waals surface area contributed by atoms with Gasteiger partial charge in [0.25, 0.3) is 0 Å². The highest BCUT2D eigenvalue weighted by Gasteiger charge is 2.29. The highest BCUT2D eigenvalue weighted by Crippen LogP contribution is 2.36. The monoisotopic (exact) mass is 411 g/mol. The molecule has 146 valence electrons. The van der Waals surface area contributed by atoms with Crippen LogP contribution in [0, 0.1) is 0 Å². The van der Waals surface area contributed by atoms with Gasteiger partial charge in [0.05, 0.1) is 4.90 Å². The number of carbonyl (C=O) groups is 1. The highest BCUT2D eigenvalue weighted by atomic mass is 32.2. The number of amides is 1. The zero-order chi connectivity index (χ0) is 19.4. The number of piperazine rings is 1. The lowest BCUT2D eigenvalue weighted by Crippen LogP contribution is -2.49. The molecule has 0 spiro atoms. The van der Waals surface area contributed by atoms with Crippen molar-refractivity contribution in [3.8, 4) is 0 Å². The molecule has 0 atom stereocenters. The van der Waals surface area contributed by atoms with E-state index < -0.39 is 15.5 Å². The Morgan fingerprint density at radius 1 is 1.15 bits per heavy atom. The average molecular weight is 411 g/mol. The molecular formula is C15H20F3N3O3S2. The first-order valence-electron chi connectivity index (χ1n) is 7.90. The summed E-state index contributed by atoms with van der Waals surface area (Å²) < 4.78 is 63.7. The Labute approximate surface area is 154 Å². The molecule has 1 N–H and O–H groups in total. The van der Waals surface area contributed by atoms with Gasteiger partial charge in [-0.25, -0.2) is 13.1 Å². The lowest BCUT2D eigenvalue weighted by atomic mass is 10.3. The van der Waals surface area contributed by atoms with Crippen molar-refractivity contribution in [1.82, 2.24) is 14.5 Å². The molecule has 0 saturated carbocycles. The number of halogens is 3. The largest absolute Gasteiger partial charge is 0.446 e. The maximum absolute atomic E-state index is 12.3. The van der Waals surface area contributed by atoms with E-state index in [9.17, 15) is 26.4 Å². The zero-order valence-electron chi connectivity index (χ0n) is 14.1. The lowest BCUT2D eigenvalue weighted by Gasteiger charge is -2.34. The van der Waals surface area contributed by atoms with Crippen molar-refractivity contribution in [1.29, 1.82) is 0 Å². The Hall–Kier alpha value is -1.30. The molecule has 11 heteroatoms. The number of sulfonamides is 1. The van der Waals surface area contributed by atoms with Gasteiger partial charge in [0, 0.05) is 51.1 Å². The van der Waals surface area contributed by atoms with E-state index in [1.165, 1.54) is 6.92 Å². The smallest absolute Gasteiger partial charge is 0.340 e. The van der Waals surface area contributed by atoms with E-state index in [0.29, 0.717) is 32.7 Å². The fraction of sp³-hybridized carbons (Fsp3) is 0.533. The normalized spacial score (nSPS) is 16.7. The number of benzene rings is 1. The third-order valence-electron chi connectivity index (χ3n) is 3.91. The van der Waals surface area contributed by atoms with Crippen LogP contribution in [0.4, 0.5) is 13.2 Å². The van der Waals surface area contributed by atoms with Gasteiger partial charge in [-0.2, -0.15) is 13.2 Å². The molecule has 26 heavy (non-hydrogen) atoms. The topological polar surface area (TPSA) is 69.7 Å². The summed E-state index contributed by atoms with van der Waals surface area (Å²) in [5, 5.41) is 0. The van der Waals surface area contributed by atoms with Gasteiger partial charge in [-0.05, 0) is 36.0 Å². The molecule has 1 aromatic carbocycles. The molecule has 1 aliphatic rings. The SMILES string of the molecule is CC(=O)N1CCN(CCNS(=O)(=O)c2ccc(SC(F)(F)F)cc2)CC1. The molecule has 1 aliphatic heterocycles. The number of thioether (sulfide) groups is 1. The minimum absolute atomic E-state index is 0.0254. The van der Waals surface area contributed by atoms with Gasteiger partial charge < -0.3 is 4.90 Å². The predicted octanol–water partition coefficient (Wildman–Crippen LogP) is 1.74. The summed E-state index contributed by atoms with van der Waals surface area (Å²) in [4.78, 5) is 14.9. The molecule has 1 aromatic rings. The van der Waals surface area contributed by atoms with Crippen molar-refractivity contribution in [2.24, 2.45) is 0 Å². The van der Waals surface area contributed by atoms with Crippen molar-refractivity contribution >= 4 is 27.7 Å². The summed E-state index contributed by atoms with van der Waals surface area (Å²) in [7, 11) is -3.78. The van der Waals surface area contributed by atoms with E-state index in [1.54, 1.807) is 4.90 Å². The molecule has 0 unspecified atom stereocenters. The summed E-state index contributed by atoms with van der Waals surface area (Å²) in [5.74, 6) is 0.0254. The van der Waals surface area contributed by atoms with E-state index in [4.69, 9.17) is 0 Å². The Kier molecular flexibility index (Phi) is 6.94. The minimum Gasteiger partial charge on any atom is -0.340 e. The molecule has 0 radical (unpaired) electrons. The van der Waals surface area contributed by atoms with Crippen molar-refractivity contribution in [3.05, 3.63) is 24.3 Å². The van der Waals surface area contributed by atoms with Crippen LogP contribution in [0.3, 0.4) is 0 Å². The average Bonchev–Trinajstić information content (AvgIpc) is 2.54. The highest BCUT2D eigenvalue weighted by molar-refractivity contribution is 8.00. The predicted molar refractivity (Wildman–Crippen MR) is 92.2 cm³/mol. The molecule has 1 heterocycles. The summed E-state index contributed by atoms with van der Waals surface area (Å²) >= 11 is -0.291. The Morgan fingerprint density at radius 3 is 2.23 bits per heavy atom. The van der Waals surface area contributed by atoms with Crippen LogP contribution in [0.15, 0.2) is 34.1 Å². The molecule has 1 amide bonds. The number of rotatable bonds is 6. The third-order valence-corrected chi connectivity index (χ3v) is 6.12. The molecule has 2 rings (SSSR count). The van der Waals surface area contributed by atoms with Crippen LogP contribution in [0.1, 0.15) is 6.92 Å². The summed E-state index contributed by atoms with van der Waals surface area (Å²) in [5.41, 5.74) is -4.41. The molecule has 0 bridgehead atoms. The second-order valence-electron chi connectivity index (χ2n) is 5.76. The first-order chi connectivity index (χ1) is 12.1. The fourth-order valence-corrected chi connectivity index (χ4v) is 4.09. The van der Waals surface area contributed by atoms with Crippen molar-refractivity contribution in [2.45, 2.75) is 22.2 Å². The van der Waals surface area contributed by atoms with Gasteiger partial charge in [0.1, 0.15) is 0 Å². The standard InChI is InChI=1S/C15H20F3N3O3S2/c1-12(22)21-10-8-20(9-11-21)7-6-19-26(23,24)14-4-2-13(3-5-14)25-15(16,17)18/h2-5,19H,6-11H2,1H3. The van der Waals surface area contributed by atoms with E-state index in [1.807, 2.05) is 4.90 Å². The van der Waals surface area contributed by atoms with Gasteiger partial charge in [0.2, 0.25) is 15.9 Å². The van der Waals surface area contributed by atoms with Crippen LogP contribution >= 0.6 is 11.8 Å². The summed E-state index contributed by atoms with van der Waals surface area (Å²) in [6, 6.07) is 4.57. The van der Waals surface area contributed by atoms with Crippen molar-refractivity contribution < 1.29 is 26.4 Å². The molecular weight excluding hydrogens is 391 g/mol. The van der Waals surface area contributed by atoms with E-state index in [-0.39, 0.29) is 34.0 Å². The minimum atomic E-state index is -4.41. The summed E-state index contributed by atoms with van der Waals surface area (Å²) in [6.45, 7) is 4.76. The molecule has 1 fully saturated rings. The Morgan fingerprint density at radius 2 is 1.73 bits per heavy atom. The van der Waals surface area contributed by atoms with Crippen molar-refractivity contribution in [3.63, 3.8) is 0 Å². The first-order valence-corrected chi connectivity index (χ1v) is 10.2. The van der Waals surface area contributed by atoms with E-state index in [2.05, 4.69) is 4.72 Å². The number of alkyl halides is 3. The zero-order valence-corrected chi connectivity index (χ0v) is 15.8. The second-order valence-corrected chi connectivity index (χ2v) is 8.67. The number of carbonyl (C=O) groups excluding carboxylic acids is 1. The molecule has 0 aromatic heterocycles. The molecule has 0 aliphatic carbocycles. The van der Waals surface area contributed by atoms with Gasteiger partial charge >= 0.3 is 5.51 Å². The van der Waals surface area contributed by atoms with Gasteiger partial charge in [-0.1, -0.05) is 0 Å². The third kappa shape index (κ3) is 6.45. The van der Waals surface area contributed by atoms with Gasteiger partial charge in [-0.3, -0.25) is 9.69 Å². The summed E-state index contributed by atoms with van der Waals surface area (Å²) in [6.07, 6.45) is 0. The molecule has 1 saturated heterocycles.